The van der Waals surface area contributed by atoms with E-state index in [1.165, 1.54) is 4.31 Å². The Bertz CT molecular complexity index is 1060. The number of aromatic nitrogens is 1. The van der Waals surface area contributed by atoms with Gasteiger partial charge >= 0.3 is 0 Å². The summed E-state index contributed by atoms with van der Waals surface area (Å²) >= 11 is 0. The van der Waals surface area contributed by atoms with Crippen molar-refractivity contribution in [2.75, 3.05) is 13.1 Å². The van der Waals surface area contributed by atoms with Gasteiger partial charge in [-0.2, -0.15) is 4.31 Å². The molecule has 0 atom stereocenters. The third kappa shape index (κ3) is 4.79. The van der Waals surface area contributed by atoms with Crippen molar-refractivity contribution >= 4 is 15.9 Å². The number of amides is 1. The molecule has 1 aliphatic rings. The van der Waals surface area contributed by atoms with Crippen LogP contribution in [0.25, 0.3) is 0 Å². The van der Waals surface area contributed by atoms with Crippen molar-refractivity contribution in [1.82, 2.24) is 13.8 Å². The summed E-state index contributed by atoms with van der Waals surface area (Å²) in [7, 11) is -2.11. The van der Waals surface area contributed by atoms with Gasteiger partial charge in [0.05, 0.1) is 5.56 Å². The zero-order valence-corrected chi connectivity index (χ0v) is 21.1. The topological polar surface area (TPSA) is 62.6 Å². The number of hydrogen-bond acceptors (Lipinski definition) is 3. The van der Waals surface area contributed by atoms with Crippen LogP contribution in [-0.4, -0.2) is 46.7 Å². The number of hydrogen-bond donors (Lipinski definition) is 0. The van der Waals surface area contributed by atoms with Crippen LogP contribution >= 0.6 is 0 Å². The summed E-state index contributed by atoms with van der Waals surface area (Å²) in [5, 5.41) is 0. The lowest BCUT2D eigenvalue weighted by molar-refractivity contribution is 0.0756. The Morgan fingerprint density at radius 2 is 1.53 bits per heavy atom. The number of rotatable bonds is 5. The first kappa shape index (κ1) is 24.5. The Balaban J connectivity index is 2.13. The van der Waals surface area contributed by atoms with E-state index in [9.17, 15) is 13.2 Å². The van der Waals surface area contributed by atoms with Crippen molar-refractivity contribution in [3.05, 3.63) is 52.8 Å². The molecule has 0 radical (unpaired) electrons. The van der Waals surface area contributed by atoms with Gasteiger partial charge < -0.3 is 9.47 Å². The average Bonchev–Trinajstić information content (AvgIpc) is 2.92. The Hall–Kier alpha value is -2.12. The molecule has 1 aromatic heterocycles. The number of carbonyl (C=O) groups excluding carboxylic acids is 1. The number of likely N-dealkylation sites (tertiary alicyclic amines) is 1. The molecule has 32 heavy (non-hydrogen) atoms. The highest BCUT2D eigenvalue weighted by Crippen LogP contribution is 2.34. The lowest BCUT2D eigenvalue weighted by Crippen LogP contribution is -2.45. The molecule has 7 heteroatoms. The van der Waals surface area contributed by atoms with Gasteiger partial charge in [0.2, 0.25) is 10.0 Å². The fourth-order valence-electron chi connectivity index (χ4n) is 4.46. The molecular formula is C25H37N3O3S. The highest BCUT2D eigenvalue weighted by molar-refractivity contribution is 7.89. The van der Waals surface area contributed by atoms with E-state index in [4.69, 9.17) is 0 Å². The molecular weight excluding hydrogens is 422 g/mol. The maximum Gasteiger partial charge on any atom is 0.257 e. The Kier molecular flexibility index (Phi) is 7.20. The average molecular weight is 460 g/mol. The predicted octanol–water partition coefficient (Wildman–Crippen LogP) is 4.65. The lowest BCUT2D eigenvalue weighted by Gasteiger charge is -2.35. The van der Waals surface area contributed by atoms with Crippen molar-refractivity contribution in [2.45, 2.75) is 77.3 Å². The third-order valence-corrected chi connectivity index (χ3v) is 8.77. The first-order valence-corrected chi connectivity index (χ1v) is 12.9. The quantitative estimate of drug-likeness (QED) is 0.654. The van der Waals surface area contributed by atoms with Crippen molar-refractivity contribution < 1.29 is 13.2 Å². The van der Waals surface area contributed by atoms with E-state index in [-0.39, 0.29) is 17.3 Å². The molecule has 0 bridgehead atoms. The Morgan fingerprint density at radius 1 is 0.969 bits per heavy atom. The van der Waals surface area contributed by atoms with Gasteiger partial charge in [-0.25, -0.2) is 8.42 Å². The predicted molar refractivity (Wildman–Crippen MR) is 128 cm³/mol. The van der Waals surface area contributed by atoms with Crippen molar-refractivity contribution in [1.29, 1.82) is 0 Å². The van der Waals surface area contributed by atoms with Gasteiger partial charge in [-0.3, -0.25) is 4.79 Å². The van der Waals surface area contributed by atoms with Gasteiger partial charge in [-0.1, -0.05) is 43.2 Å². The molecule has 176 valence electrons. The summed E-state index contributed by atoms with van der Waals surface area (Å²) in [6, 6.07) is 9.60. The van der Waals surface area contributed by atoms with E-state index in [1.807, 2.05) is 74.5 Å². The van der Waals surface area contributed by atoms with Crippen LogP contribution in [-0.2, 0) is 23.6 Å². The van der Waals surface area contributed by atoms with E-state index in [0.717, 1.165) is 31.2 Å². The smallest absolute Gasteiger partial charge is 0.257 e. The van der Waals surface area contributed by atoms with Gasteiger partial charge in [0.1, 0.15) is 4.90 Å². The van der Waals surface area contributed by atoms with Crippen LogP contribution in [0.4, 0.5) is 0 Å². The monoisotopic (exact) mass is 459 g/mol. The summed E-state index contributed by atoms with van der Waals surface area (Å²) < 4.78 is 31.7. The largest absolute Gasteiger partial charge is 0.350 e. The molecule has 1 saturated heterocycles. The van der Waals surface area contributed by atoms with Crippen LogP contribution in [0.15, 0.2) is 35.2 Å². The first-order valence-electron chi connectivity index (χ1n) is 11.5. The number of carbonyl (C=O) groups is 1. The molecule has 1 aromatic carbocycles. The maximum atomic E-state index is 14.2. The number of nitrogens with zero attached hydrogens (tertiary/aromatic N) is 3. The van der Waals surface area contributed by atoms with Crippen LogP contribution in [0.5, 0.6) is 0 Å². The summed E-state index contributed by atoms with van der Waals surface area (Å²) in [4.78, 5) is 15.7. The molecule has 0 unspecified atom stereocenters. The summed E-state index contributed by atoms with van der Waals surface area (Å²) in [6.45, 7) is 10.9. The molecule has 2 aromatic rings. The highest BCUT2D eigenvalue weighted by Gasteiger charge is 2.40. The second kappa shape index (κ2) is 9.40. The van der Waals surface area contributed by atoms with E-state index < -0.39 is 15.6 Å². The molecule has 1 amide bonds. The molecule has 0 N–H and O–H groups in total. The standard InChI is InChI=1S/C25H37N3O3S/c1-19-22(24(29)27-16-12-7-8-13-17-27)23(20(2)26(19)6)32(30,31)28(25(3,4)5)18-21-14-10-9-11-15-21/h9-11,14-15H,7-8,12-13,16-18H2,1-6H3. The third-order valence-electron chi connectivity index (χ3n) is 6.50. The fraction of sp³-hybridized carbons (Fsp3) is 0.560. The number of sulfonamides is 1. The van der Waals surface area contributed by atoms with Crippen LogP contribution in [0, 0.1) is 13.8 Å². The first-order chi connectivity index (χ1) is 15.0. The second-order valence-corrected chi connectivity index (χ2v) is 11.6. The molecule has 2 heterocycles. The lowest BCUT2D eigenvalue weighted by atomic mass is 10.1. The Labute approximate surface area is 193 Å². The molecule has 1 aliphatic heterocycles. The van der Waals surface area contributed by atoms with Gasteiger partial charge in [0.15, 0.2) is 0 Å². The van der Waals surface area contributed by atoms with E-state index in [0.29, 0.717) is 30.0 Å². The molecule has 3 rings (SSSR count). The van der Waals surface area contributed by atoms with Crippen LogP contribution in [0.1, 0.15) is 73.8 Å². The van der Waals surface area contributed by atoms with Gasteiger partial charge in [-0.05, 0) is 53.0 Å². The normalized spacial score (nSPS) is 15.8. The molecule has 0 aliphatic carbocycles. The van der Waals surface area contributed by atoms with Gasteiger partial charge in [0, 0.05) is 43.6 Å². The zero-order valence-electron chi connectivity index (χ0n) is 20.3. The zero-order chi connectivity index (χ0) is 23.7. The summed E-state index contributed by atoms with van der Waals surface area (Å²) in [5.41, 5.74) is 1.88. The fourth-order valence-corrected chi connectivity index (χ4v) is 6.72. The summed E-state index contributed by atoms with van der Waals surface area (Å²) in [6.07, 6.45) is 4.13. The SMILES string of the molecule is Cc1c(C(=O)N2CCCCCC2)c(S(=O)(=O)N(Cc2ccccc2)C(C)(C)C)c(C)n1C. The van der Waals surface area contributed by atoms with Gasteiger partial charge in [-0.15, -0.1) is 0 Å². The molecule has 1 fully saturated rings. The minimum absolute atomic E-state index is 0.151. The highest BCUT2D eigenvalue weighted by atomic mass is 32.2. The van der Waals surface area contributed by atoms with E-state index in [2.05, 4.69) is 0 Å². The van der Waals surface area contributed by atoms with Crippen LogP contribution < -0.4 is 0 Å². The second-order valence-electron chi connectivity index (χ2n) is 9.81. The summed E-state index contributed by atoms with van der Waals surface area (Å²) in [5.74, 6) is -0.166. The minimum atomic E-state index is -3.95. The number of benzene rings is 1. The molecule has 6 nitrogen and oxygen atoms in total. The van der Waals surface area contributed by atoms with Crippen LogP contribution in [0.2, 0.25) is 0 Å². The van der Waals surface area contributed by atoms with Crippen molar-refractivity contribution in [3.8, 4) is 0 Å². The van der Waals surface area contributed by atoms with Gasteiger partial charge in [0.25, 0.3) is 5.91 Å². The minimum Gasteiger partial charge on any atom is -0.350 e. The van der Waals surface area contributed by atoms with Crippen LogP contribution in [0.3, 0.4) is 0 Å². The van der Waals surface area contributed by atoms with Crippen molar-refractivity contribution in [3.63, 3.8) is 0 Å². The van der Waals surface area contributed by atoms with E-state index in [1.54, 1.807) is 6.92 Å². The van der Waals surface area contributed by atoms with Crippen molar-refractivity contribution in [2.24, 2.45) is 7.05 Å². The molecule has 0 saturated carbocycles. The van der Waals surface area contributed by atoms with E-state index >= 15 is 0 Å². The Morgan fingerprint density at radius 3 is 2.06 bits per heavy atom. The maximum absolute atomic E-state index is 14.2. The molecule has 0 spiro atoms.